The van der Waals surface area contributed by atoms with Crippen molar-refractivity contribution in [3.63, 3.8) is 0 Å². The van der Waals surface area contributed by atoms with Crippen molar-refractivity contribution in [2.75, 3.05) is 10.6 Å². The van der Waals surface area contributed by atoms with Gasteiger partial charge in [0, 0.05) is 34.6 Å². The molecule has 22 heavy (non-hydrogen) atoms. The number of rotatable bonds is 4. The van der Waals surface area contributed by atoms with Crippen LogP contribution in [0.4, 0.5) is 16.5 Å². The monoisotopic (exact) mass is 311 g/mol. The molecule has 0 radical (unpaired) electrons. The number of carbonyl (C=O) groups excluding carboxylic acids is 1. The number of thiazole rings is 1. The molecular weight excluding hydrogens is 298 g/mol. The van der Waals surface area contributed by atoms with Gasteiger partial charge in [0.2, 0.25) is 0 Å². The third-order valence-corrected chi connectivity index (χ3v) is 3.60. The minimum absolute atomic E-state index is 0.108. The summed E-state index contributed by atoms with van der Waals surface area (Å²) in [6.07, 6.45) is 1.71. The molecule has 0 spiro atoms. The van der Waals surface area contributed by atoms with Crippen LogP contribution in [0.25, 0.3) is 0 Å². The molecule has 0 aliphatic rings. The van der Waals surface area contributed by atoms with E-state index in [2.05, 4.69) is 15.6 Å². The quantitative estimate of drug-likeness (QED) is 0.684. The summed E-state index contributed by atoms with van der Waals surface area (Å²) in [6.45, 7) is 0. The molecule has 0 unspecified atom stereocenters. The van der Waals surface area contributed by atoms with E-state index in [4.69, 9.17) is 0 Å². The summed E-state index contributed by atoms with van der Waals surface area (Å²) in [7, 11) is 0. The third-order valence-electron chi connectivity index (χ3n) is 2.91. The first kappa shape index (κ1) is 14.1. The zero-order valence-corrected chi connectivity index (χ0v) is 12.3. The summed E-state index contributed by atoms with van der Waals surface area (Å²) in [5.41, 5.74) is 1.85. The topological polar surface area (TPSA) is 74.2 Å². The molecule has 0 saturated carbocycles. The number of hydrogen-bond donors (Lipinski definition) is 3. The summed E-state index contributed by atoms with van der Waals surface area (Å²) in [5.74, 6) is -0.134. The maximum Gasteiger partial charge on any atom is 0.255 e. The van der Waals surface area contributed by atoms with E-state index in [1.54, 1.807) is 42.6 Å². The largest absolute Gasteiger partial charge is 0.508 e. The van der Waals surface area contributed by atoms with E-state index in [-0.39, 0.29) is 11.7 Å². The molecule has 5 nitrogen and oxygen atoms in total. The molecule has 110 valence electrons. The Morgan fingerprint density at radius 1 is 1.09 bits per heavy atom. The van der Waals surface area contributed by atoms with Gasteiger partial charge in [-0.1, -0.05) is 12.1 Å². The van der Waals surface area contributed by atoms with Gasteiger partial charge in [0.25, 0.3) is 5.91 Å². The highest BCUT2D eigenvalue weighted by Gasteiger charge is 2.07. The smallest absolute Gasteiger partial charge is 0.255 e. The van der Waals surface area contributed by atoms with Gasteiger partial charge in [0.05, 0.1) is 0 Å². The zero-order chi connectivity index (χ0) is 15.4. The number of carbonyl (C=O) groups is 1. The van der Waals surface area contributed by atoms with Crippen molar-refractivity contribution in [1.82, 2.24) is 4.98 Å². The molecule has 0 fully saturated rings. The maximum atomic E-state index is 12.2. The van der Waals surface area contributed by atoms with Crippen LogP contribution in [0.5, 0.6) is 5.75 Å². The Morgan fingerprint density at radius 3 is 2.68 bits per heavy atom. The normalized spacial score (nSPS) is 10.2. The molecular formula is C16H13N3O2S. The highest BCUT2D eigenvalue weighted by molar-refractivity contribution is 7.13. The summed E-state index contributed by atoms with van der Waals surface area (Å²) in [5, 5.41) is 17.9. The van der Waals surface area contributed by atoms with Crippen molar-refractivity contribution in [2.45, 2.75) is 0 Å². The van der Waals surface area contributed by atoms with Crippen LogP contribution >= 0.6 is 11.3 Å². The van der Waals surface area contributed by atoms with Crippen LogP contribution < -0.4 is 10.6 Å². The third kappa shape index (κ3) is 3.42. The van der Waals surface area contributed by atoms with Crippen molar-refractivity contribution < 1.29 is 9.90 Å². The minimum atomic E-state index is -0.242. The first-order valence-electron chi connectivity index (χ1n) is 6.58. The van der Waals surface area contributed by atoms with Crippen molar-refractivity contribution in [3.05, 3.63) is 65.7 Å². The Morgan fingerprint density at radius 2 is 1.91 bits per heavy atom. The number of nitrogens with zero attached hydrogens (tertiary/aromatic N) is 1. The Balaban J connectivity index is 1.75. The van der Waals surface area contributed by atoms with Gasteiger partial charge in [-0.25, -0.2) is 4.98 Å². The highest BCUT2D eigenvalue weighted by Crippen LogP contribution is 2.21. The van der Waals surface area contributed by atoms with Gasteiger partial charge in [-0.2, -0.15) is 0 Å². The highest BCUT2D eigenvalue weighted by atomic mass is 32.1. The second-order valence-electron chi connectivity index (χ2n) is 4.55. The summed E-state index contributed by atoms with van der Waals surface area (Å²) < 4.78 is 0. The van der Waals surface area contributed by atoms with Crippen LogP contribution in [0.3, 0.4) is 0 Å². The number of aromatic nitrogens is 1. The maximum absolute atomic E-state index is 12.2. The van der Waals surface area contributed by atoms with Crippen LogP contribution in [0, 0.1) is 0 Å². The van der Waals surface area contributed by atoms with Crippen LogP contribution in [-0.4, -0.2) is 16.0 Å². The summed E-state index contributed by atoms with van der Waals surface area (Å²) in [6, 6.07) is 13.6. The molecule has 1 amide bonds. The van der Waals surface area contributed by atoms with Gasteiger partial charge in [-0.15, -0.1) is 11.3 Å². The number of phenolic OH excluding ortho intramolecular Hbond substituents is 1. The van der Waals surface area contributed by atoms with E-state index in [9.17, 15) is 9.90 Å². The molecule has 3 N–H and O–H groups in total. The number of nitrogens with one attached hydrogen (secondary N) is 2. The molecule has 0 saturated heterocycles. The lowest BCUT2D eigenvalue weighted by Crippen LogP contribution is -2.11. The van der Waals surface area contributed by atoms with Gasteiger partial charge in [-0.3, -0.25) is 4.79 Å². The Kier molecular flexibility index (Phi) is 4.02. The Labute approximate surface area is 131 Å². The van der Waals surface area contributed by atoms with Crippen LogP contribution in [-0.2, 0) is 0 Å². The van der Waals surface area contributed by atoms with E-state index in [0.717, 1.165) is 10.8 Å². The molecule has 3 rings (SSSR count). The van der Waals surface area contributed by atoms with Gasteiger partial charge in [-0.05, 0) is 30.3 Å². The van der Waals surface area contributed by atoms with E-state index < -0.39 is 0 Å². The molecule has 1 aromatic heterocycles. The van der Waals surface area contributed by atoms with Crippen molar-refractivity contribution in [2.24, 2.45) is 0 Å². The van der Waals surface area contributed by atoms with Gasteiger partial charge < -0.3 is 15.7 Å². The van der Waals surface area contributed by atoms with Crippen molar-refractivity contribution in [1.29, 1.82) is 0 Å². The molecule has 6 heteroatoms. The number of amides is 1. The number of hydrogen-bond acceptors (Lipinski definition) is 5. The molecule has 0 bridgehead atoms. The second-order valence-corrected chi connectivity index (χ2v) is 5.44. The molecule has 2 aromatic carbocycles. The Bertz CT molecular complexity index is 788. The van der Waals surface area contributed by atoms with Crippen LogP contribution in [0.1, 0.15) is 10.4 Å². The van der Waals surface area contributed by atoms with E-state index in [0.29, 0.717) is 11.3 Å². The van der Waals surface area contributed by atoms with E-state index >= 15 is 0 Å². The van der Waals surface area contributed by atoms with Gasteiger partial charge >= 0.3 is 0 Å². The fourth-order valence-corrected chi connectivity index (χ4v) is 2.48. The molecule has 0 atom stereocenters. The molecule has 0 aliphatic carbocycles. The average molecular weight is 311 g/mol. The fraction of sp³-hybridized carbons (Fsp3) is 0. The van der Waals surface area contributed by atoms with Gasteiger partial charge in [0.1, 0.15) is 5.75 Å². The van der Waals surface area contributed by atoms with E-state index in [1.807, 2.05) is 11.4 Å². The standard InChI is InChI=1S/C16H13N3O2S/c20-14-6-2-5-13(10-14)18-15(21)11-3-1-4-12(9-11)19-16-17-7-8-22-16/h1-10,20H,(H,17,19)(H,18,21). The summed E-state index contributed by atoms with van der Waals surface area (Å²) in [4.78, 5) is 16.4. The van der Waals surface area contributed by atoms with Crippen molar-refractivity contribution in [3.8, 4) is 5.75 Å². The van der Waals surface area contributed by atoms with Crippen molar-refractivity contribution >= 4 is 33.8 Å². The SMILES string of the molecule is O=C(Nc1cccc(O)c1)c1cccc(Nc2nccs2)c1. The zero-order valence-electron chi connectivity index (χ0n) is 11.5. The average Bonchev–Trinajstić information content (AvgIpc) is 3.00. The lowest BCUT2D eigenvalue weighted by molar-refractivity contribution is 0.102. The first-order valence-corrected chi connectivity index (χ1v) is 7.46. The number of benzene rings is 2. The summed E-state index contributed by atoms with van der Waals surface area (Å²) >= 11 is 1.49. The molecule has 0 aliphatic heterocycles. The first-order chi connectivity index (χ1) is 10.7. The molecule has 3 aromatic rings. The lowest BCUT2D eigenvalue weighted by atomic mass is 10.2. The predicted molar refractivity (Wildman–Crippen MR) is 87.9 cm³/mol. The minimum Gasteiger partial charge on any atom is -0.508 e. The van der Waals surface area contributed by atoms with Crippen LogP contribution in [0.15, 0.2) is 60.1 Å². The second kappa shape index (κ2) is 6.28. The Hall–Kier alpha value is -2.86. The number of phenols is 1. The number of aromatic hydroxyl groups is 1. The lowest BCUT2D eigenvalue weighted by Gasteiger charge is -2.08. The van der Waals surface area contributed by atoms with Crippen LogP contribution in [0.2, 0.25) is 0 Å². The molecule has 1 heterocycles. The fourth-order valence-electron chi connectivity index (χ4n) is 1.93. The van der Waals surface area contributed by atoms with E-state index in [1.165, 1.54) is 17.4 Å². The number of anilines is 3. The predicted octanol–water partition coefficient (Wildman–Crippen LogP) is 3.84. The van der Waals surface area contributed by atoms with Gasteiger partial charge in [0.15, 0.2) is 5.13 Å².